The highest BCUT2D eigenvalue weighted by molar-refractivity contribution is 5.97. The Morgan fingerprint density at radius 3 is 2.52 bits per heavy atom. The molecule has 0 aliphatic carbocycles. The Hall–Kier alpha value is -2.70. The van der Waals surface area contributed by atoms with Crippen molar-refractivity contribution in [2.45, 2.75) is 6.42 Å². The van der Waals surface area contributed by atoms with E-state index in [9.17, 15) is 9.18 Å². The summed E-state index contributed by atoms with van der Waals surface area (Å²) in [4.78, 5) is 12.5. The lowest BCUT2D eigenvalue weighted by Gasteiger charge is -2.09. The minimum absolute atomic E-state index is 0.0121. The van der Waals surface area contributed by atoms with E-state index >= 15 is 0 Å². The lowest BCUT2D eigenvalue weighted by Crippen LogP contribution is -2.11. The van der Waals surface area contributed by atoms with E-state index in [4.69, 9.17) is 19.9 Å². The molecule has 0 atom stereocenters. The summed E-state index contributed by atoms with van der Waals surface area (Å²) in [5.74, 6) is 1.24. The van der Waals surface area contributed by atoms with Gasteiger partial charge in [-0.25, -0.2) is 4.39 Å². The first-order valence-electron chi connectivity index (χ1n) is 8.61. The molecule has 0 amide bonds. The van der Waals surface area contributed by atoms with Gasteiger partial charge in [-0.15, -0.1) is 0 Å². The van der Waals surface area contributed by atoms with E-state index in [1.165, 1.54) is 0 Å². The van der Waals surface area contributed by atoms with Crippen LogP contribution in [-0.2, 0) is 11.2 Å². The number of carbonyl (C=O) groups is 1. The summed E-state index contributed by atoms with van der Waals surface area (Å²) in [5, 5.41) is 0. The summed E-state index contributed by atoms with van der Waals surface area (Å²) in [6.45, 7) is 1.14. The van der Waals surface area contributed by atoms with Crippen LogP contribution in [0.1, 0.15) is 15.9 Å². The molecular weight excluding hydrogens is 349 g/mol. The number of methoxy groups -OCH3 is 1. The Kier molecular flexibility index (Phi) is 8.48. The van der Waals surface area contributed by atoms with Crippen LogP contribution in [0.25, 0.3) is 0 Å². The Labute approximate surface area is 158 Å². The molecule has 2 aromatic rings. The van der Waals surface area contributed by atoms with Gasteiger partial charge in [-0.3, -0.25) is 4.79 Å². The third-order valence-corrected chi connectivity index (χ3v) is 3.84. The van der Waals surface area contributed by atoms with Gasteiger partial charge in [0.25, 0.3) is 0 Å². The van der Waals surface area contributed by atoms with Crippen molar-refractivity contribution in [1.29, 1.82) is 0 Å². The van der Waals surface area contributed by atoms with Gasteiger partial charge < -0.3 is 19.9 Å². The molecule has 0 saturated carbocycles. The smallest absolute Gasteiger partial charge is 0.167 e. The number of hydrogen-bond donors (Lipinski definition) is 1. The van der Waals surface area contributed by atoms with Crippen LogP contribution in [0.4, 0.5) is 4.39 Å². The maximum Gasteiger partial charge on any atom is 0.167 e. The highest BCUT2D eigenvalue weighted by Crippen LogP contribution is 2.18. The van der Waals surface area contributed by atoms with Gasteiger partial charge in [0.05, 0.1) is 12.9 Å². The first-order chi connectivity index (χ1) is 13.2. The average molecular weight is 373 g/mol. The standard InChI is InChI=1S/C21H24FNO4/c1-25-9-10-26-20-4-2-3-16(11-20)12-21(24)18-5-7-19(8-6-18)27-15-17(13-22)14-23/h2-8,11,13H,9-10,12,14-15,23H2,1H3/b17-13-. The molecule has 0 spiro atoms. The van der Waals surface area contributed by atoms with Crippen LogP contribution in [0.2, 0.25) is 0 Å². The van der Waals surface area contributed by atoms with Crippen LogP contribution >= 0.6 is 0 Å². The second-order valence-electron chi connectivity index (χ2n) is 5.87. The highest BCUT2D eigenvalue weighted by atomic mass is 19.1. The van der Waals surface area contributed by atoms with Crippen LogP contribution in [0, 0.1) is 0 Å². The number of ether oxygens (including phenoxy) is 3. The van der Waals surface area contributed by atoms with Crippen LogP contribution < -0.4 is 15.2 Å². The number of rotatable bonds is 11. The Bertz CT molecular complexity index is 759. The van der Waals surface area contributed by atoms with E-state index in [1.807, 2.05) is 24.3 Å². The molecule has 0 heterocycles. The number of halogens is 1. The van der Waals surface area contributed by atoms with E-state index < -0.39 is 0 Å². The quantitative estimate of drug-likeness (QED) is 0.483. The van der Waals surface area contributed by atoms with Crippen LogP contribution in [0.15, 0.2) is 60.4 Å². The molecular formula is C21H24FNO4. The monoisotopic (exact) mass is 373 g/mol. The van der Waals surface area contributed by atoms with Crippen LogP contribution in [0.3, 0.4) is 0 Å². The number of Topliss-reactive ketones (excluding diaryl/α,β-unsaturated/α-hetero) is 1. The van der Waals surface area contributed by atoms with Crippen molar-refractivity contribution in [2.75, 3.05) is 33.5 Å². The first-order valence-corrected chi connectivity index (χ1v) is 8.61. The van der Waals surface area contributed by atoms with Gasteiger partial charge >= 0.3 is 0 Å². The predicted molar refractivity (Wildman–Crippen MR) is 102 cm³/mol. The summed E-state index contributed by atoms with van der Waals surface area (Å²) >= 11 is 0. The number of hydrogen-bond acceptors (Lipinski definition) is 5. The van der Waals surface area contributed by atoms with Crippen molar-refractivity contribution in [3.05, 3.63) is 71.6 Å². The fraction of sp³-hybridized carbons (Fsp3) is 0.286. The molecule has 0 radical (unpaired) electrons. The van der Waals surface area contributed by atoms with E-state index in [0.717, 1.165) is 5.56 Å². The summed E-state index contributed by atoms with van der Waals surface area (Å²) in [7, 11) is 1.61. The zero-order valence-electron chi connectivity index (χ0n) is 15.3. The lowest BCUT2D eigenvalue weighted by molar-refractivity contribution is 0.0993. The maximum absolute atomic E-state index is 12.5. The molecule has 6 heteroatoms. The normalized spacial score (nSPS) is 11.3. The molecule has 144 valence electrons. The Morgan fingerprint density at radius 2 is 1.85 bits per heavy atom. The fourth-order valence-corrected chi connectivity index (χ4v) is 2.32. The van der Waals surface area contributed by atoms with Crippen LogP contribution in [-0.4, -0.2) is 39.3 Å². The minimum Gasteiger partial charge on any atom is -0.491 e. The van der Waals surface area contributed by atoms with Gasteiger partial charge in [0.15, 0.2) is 5.78 Å². The zero-order valence-corrected chi connectivity index (χ0v) is 15.3. The summed E-state index contributed by atoms with van der Waals surface area (Å²) in [6.07, 6.45) is 0.717. The number of ketones is 1. The Balaban J connectivity index is 1.93. The van der Waals surface area contributed by atoms with Crippen molar-refractivity contribution in [2.24, 2.45) is 5.73 Å². The van der Waals surface area contributed by atoms with Gasteiger partial charge in [-0.05, 0) is 42.0 Å². The third kappa shape index (κ3) is 6.84. The van der Waals surface area contributed by atoms with Gasteiger partial charge in [0.2, 0.25) is 0 Å². The van der Waals surface area contributed by atoms with Crippen molar-refractivity contribution in [3.8, 4) is 11.5 Å². The minimum atomic E-state index is -0.0121. The maximum atomic E-state index is 12.5. The molecule has 0 aliphatic heterocycles. The molecule has 2 rings (SSSR count). The van der Waals surface area contributed by atoms with Crippen LogP contribution in [0.5, 0.6) is 11.5 Å². The van der Waals surface area contributed by atoms with Crippen molar-refractivity contribution < 1.29 is 23.4 Å². The van der Waals surface area contributed by atoms with Crippen molar-refractivity contribution >= 4 is 5.78 Å². The largest absolute Gasteiger partial charge is 0.491 e. The van der Waals surface area contributed by atoms with E-state index in [-0.39, 0.29) is 25.4 Å². The fourth-order valence-electron chi connectivity index (χ4n) is 2.32. The number of nitrogens with two attached hydrogens (primary N) is 1. The van der Waals surface area contributed by atoms with E-state index in [2.05, 4.69) is 0 Å². The van der Waals surface area contributed by atoms with Crippen molar-refractivity contribution in [3.63, 3.8) is 0 Å². The highest BCUT2D eigenvalue weighted by Gasteiger charge is 2.09. The van der Waals surface area contributed by atoms with Gasteiger partial charge in [0, 0.05) is 31.2 Å². The van der Waals surface area contributed by atoms with Crippen molar-refractivity contribution in [1.82, 2.24) is 0 Å². The lowest BCUT2D eigenvalue weighted by atomic mass is 10.0. The molecule has 5 nitrogen and oxygen atoms in total. The molecule has 0 saturated heterocycles. The molecule has 0 unspecified atom stereocenters. The van der Waals surface area contributed by atoms with E-state index in [1.54, 1.807) is 31.4 Å². The van der Waals surface area contributed by atoms with Gasteiger partial charge in [-0.1, -0.05) is 12.1 Å². The molecule has 2 aromatic carbocycles. The average Bonchev–Trinajstić information content (AvgIpc) is 2.70. The molecule has 0 bridgehead atoms. The molecule has 27 heavy (non-hydrogen) atoms. The number of benzene rings is 2. The second-order valence-corrected chi connectivity index (χ2v) is 5.87. The zero-order chi connectivity index (χ0) is 19.5. The second kappa shape index (κ2) is 11.1. The number of carbonyl (C=O) groups excluding carboxylic acids is 1. The summed E-state index contributed by atoms with van der Waals surface area (Å²) in [6, 6.07) is 14.2. The molecule has 0 aromatic heterocycles. The summed E-state index contributed by atoms with van der Waals surface area (Å²) < 4.78 is 28.4. The van der Waals surface area contributed by atoms with Gasteiger partial charge in [0.1, 0.15) is 24.7 Å². The molecule has 0 aliphatic rings. The Morgan fingerprint density at radius 1 is 1.07 bits per heavy atom. The SMILES string of the molecule is COCCOc1cccc(CC(=O)c2ccc(OC/C(=C\F)CN)cc2)c1. The molecule has 0 fully saturated rings. The molecule has 2 N–H and O–H groups in total. The summed E-state index contributed by atoms with van der Waals surface area (Å²) in [5.41, 5.74) is 7.19. The third-order valence-electron chi connectivity index (χ3n) is 3.84. The topological polar surface area (TPSA) is 70.8 Å². The predicted octanol–water partition coefficient (Wildman–Crippen LogP) is 3.33. The van der Waals surface area contributed by atoms with Gasteiger partial charge in [-0.2, -0.15) is 0 Å². The van der Waals surface area contributed by atoms with E-state index in [0.29, 0.717) is 42.2 Å². The first kappa shape index (κ1) is 20.6.